The lowest BCUT2D eigenvalue weighted by atomic mass is 9.99. The highest BCUT2D eigenvalue weighted by atomic mass is 32.1. The summed E-state index contributed by atoms with van der Waals surface area (Å²) >= 11 is 1.28. The molecule has 0 aliphatic heterocycles. The second-order valence-electron chi connectivity index (χ2n) is 3.40. The van der Waals surface area contributed by atoms with Crippen LogP contribution < -0.4 is 5.73 Å². The summed E-state index contributed by atoms with van der Waals surface area (Å²) in [6.45, 7) is 1.31. The van der Waals surface area contributed by atoms with Crippen molar-refractivity contribution in [2.45, 2.75) is 25.3 Å². The predicted molar refractivity (Wildman–Crippen MR) is 51.3 cm³/mol. The minimum atomic E-state index is -2.56. The number of halogens is 2. The molecule has 0 amide bonds. The molecule has 14 heavy (non-hydrogen) atoms. The van der Waals surface area contributed by atoms with Crippen LogP contribution in [-0.4, -0.2) is 12.0 Å². The molecule has 0 saturated carbocycles. The van der Waals surface area contributed by atoms with E-state index in [9.17, 15) is 8.78 Å². The van der Waals surface area contributed by atoms with Gasteiger partial charge in [0.2, 0.25) is 0 Å². The van der Waals surface area contributed by atoms with E-state index in [-0.39, 0.29) is 6.42 Å². The van der Waals surface area contributed by atoms with Gasteiger partial charge < -0.3 is 5.73 Å². The fourth-order valence-electron chi connectivity index (χ4n) is 0.985. The number of rotatable bonds is 3. The Morgan fingerprint density at radius 1 is 1.71 bits per heavy atom. The predicted octanol–water partition coefficient (Wildman–Crippen LogP) is 2.14. The fraction of sp³-hybridized carbons (Fsp3) is 0.444. The van der Waals surface area contributed by atoms with E-state index in [4.69, 9.17) is 11.0 Å². The number of nitriles is 1. The van der Waals surface area contributed by atoms with Gasteiger partial charge >= 0.3 is 0 Å². The zero-order chi connectivity index (χ0) is 10.8. The summed E-state index contributed by atoms with van der Waals surface area (Å²) in [6, 6.07) is 3.54. The number of thiophene rings is 1. The molecule has 1 aromatic heterocycles. The molecule has 0 fully saturated rings. The molecule has 0 aliphatic carbocycles. The first kappa shape index (κ1) is 11.1. The molecule has 1 heterocycles. The summed E-state index contributed by atoms with van der Waals surface area (Å²) in [5, 5.41) is 10.2. The van der Waals surface area contributed by atoms with Crippen molar-refractivity contribution in [3.05, 3.63) is 21.9 Å². The molecule has 0 aromatic carbocycles. The molecule has 1 unspecified atom stereocenters. The monoisotopic (exact) mass is 216 g/mol. The first-order chi connectivity index (χ1) is 6.45. The van der Waals surface area contributed by atoms with Crippen LogP contribution in [0.2, 0.25) is 0 Å². The van der Waals surface area contributed by atoms with Gasteiger partial charge in [0.15, 0.2) is 0 Å². The van der Waals surface area contributed by atoms with E-state index in [2.05, 4.69) is 0 Å². The number of hydrogen-bond donors (Lipinski definition) is 1. The molecule has 76 valence electrons. The molecular formula is C9H10F2N2S. The van der Waals surface area contributed by atoms with E-state index in [1.54, 1.807) is 11.4 Å². The van der Waals surface area contributed by atoms with Crippen LogP contribution in [0.4, 0.5) is 8.78 Å². The molecule has 2 nitrogen and oxygen atoms in total. The minimum Gasteiger partial charge on any atom is -0.320 e. The van der Waals surface area contributed by atoms with Gasteiger partial charge in [-0.05, 0) is 13.0 Å². The van der Waals surface area contributed by atoms with Crippen LogP contribution >= 0.6 is 11.3 Å². The summed E-state index contributed by atoms with van der Waals surface area (Å²) < 4.78 is 24.8. The maximum absolute atomic E-state index is 12.4. The summed E-state index contributed by atoms with van der Waals surface area (Å²) in [6.07, 6.45) is -2.47. The summed E-state index contributed by atoms with van der Waals surface area (Å²) in [7, 11) is 0. The Labute approximate surface area is 85.0 Å². The molecule has 0 radical (unpaired) electrons. The van der Waals surface area contributed by atoms with Crippen molar-refractivity contribution in [3.8, 4) is 6.07 Å². The number of nitrogens with zero attached hydrogens (tertiary/aromatic N) is 1. The SMILES string of the molecule is CC(N)(Cc1cc(C#N)cs1)C(F)F. The van der Waals surface area contributed by atoms with E-state index in [0.29, 0.717) is 10.4 Å². The summed E-state index contributed by atoms with van der Waals surface area (Å²) in [5.74, 6) is 0. The number of nitrogens with two attached hydrogens (primary N) is 1. The zero-order valence-electron chi connectivity index (χ0n) is 7.63. The molecule has 1 atom stereocenters. The van der Waals surface area contributed by atoms with Gasteiger partial charge in [0.1, 0.15) is 6.07 Å². The Morgan fingerprint density at radius 2 is 2.36 bits per heavy atom. The van der Waals surface area contributed by atoms with Crippen LogP contribution in [0.5, 0.6) is 0 Å². The molecule has 0 spiro atoms. The van der Waals surface area contributed by atoms with Crippen molar-refractivity contribution in [3.63, 3.8) is 0 Å². The molecule has 1 rings (SSSR count). The van der Waals surface area contributed by atoms with Crippen molar-refractivity contribution in [2.75, 3.05) is 0 Å². The Balaban J connectivity index is 2.74. The smallest absolute Gasteiger partial charge is 0.256 e. The zero-order valence-corrected chi connectivity index (χ0v) is 8.44. The van der Waals surface area contributed by atoms with Crippen molar-refractivity contribution < 1.29 is 8.78 Å². The highest BCUT2D eigenvalue weighted by molar-refractivity contribution is 7.10. The second-order valence-corrected chi connectivity index (χ2v) is 4.39. The first-order valence-corrected chi connectivity index (χ1v) is 4.88. The third-order valence-corrected chi connectivity index (χ3v) is 2.77. The van der Waals surface area contributed by atoms with Crippen LogP contribution in [0.15, 0.2) is 11.4 Å². The van der Waals surface area contributed by atoms with E-state index < -0.39 is 12.0 Å². The summed E-state index contributed by atoms with van der Waals surface area (Å²) in [5.41, 5.74) is 4.40. The third-order valence-electron chi connectivity index (χ3n) is 1.84. The highest BCUT2D eigenvalue weighted by Gasteiger charge is 2.30. The van der Waals surface area contributed by atoms with E-state index >= 15 is 0 Å². The van der Waals surface area contributed by atoms with Crippen molar-refractivity contribution in [1.29, 1.82) is 5.26 Å². The van der Waals surface area contributed by atoms with Gasteiger partial charge in [-0.3, -0.25) is 0 Å². The lowest BCUT2D eigenvalue weighted by Gasteiger charge is -2.22. The van der Waals surface area contributed by atoms with Crippen LogP contribution in [0, 0.1) is 11.3 Å². The Kier molecular flexibility index (Phi) is 3.19. The first-order valence-electron chi connectivity index (χ1n) is 4.00. The Morgan fingerprint density at radius 3 is 2.79 bits per heavy atom. The van der Waals surface area contributed by atoms with Gasteiger partial charge in [0.25, 0.3) is 6.43 Å². The standard InChI is InChI=1S/C9H10F2N2S/c1-9(13,8(10)11)3-7-2-6(4-12)5-14-7/h2,5,8H,3,13H2,1H3. The second kappa shape index (κ2) is 4.03. The third kappa shape index (κ3) is 2.50. The van der Waals surface area contributed by atoms with E-state index in [0.717, 1.165) is 0 Å². The normalized spacial score (nSPS) is 15.1. The van der Waals surface area contributed by atoms with Crippen molar-refractivity contribution in [1.82, 2.24) is 0 Å². The molecule has 0 aliphatic rings. The molecule has 1 aromatic rings. The van der Waals surface area contributed by atoms with E-state index in [1.807, 2.05) is 6.07 Å². The number of hydrogen-bond acceptors (Lipinski definition) is 3. The lowest BCUT2D eigenvalue weighted by molar-refractivity contribution is 0.0644. The highest BCUT2D eigenvalue weighted by Crippen LogP contribution is 2.22. The maximum atomic E-state index is 12.4. The maximum Gasteiger partial charge on any atom is 0.256 e. The van der Waals surface area contributed by atoms with Crippen LogP contribution in [0.25, 0.3) is 0 Å². The molecular weight excluding hydrogens is 206 g/mol. The Hall–Kier alpha value is -0.990. The minimum absolute atomic E-state index is 0.0943. The van der Waals surface area contributed by atoms with Crippen LogP contribution in [0.1, 0.15) is 17.4 Å². The van der Waals surface area contributed by atoms with Gasteiger partial charge in [0, 0.05) is 16.7 Å². The lowest BCUT2D eigenvalue weighted by Crippen LogP contribution is -2.45. The average molecular weight is 216 g/mol. The van der Waals surface area contributed by atoms with Crippen LogP contribution in [-0.2, 0) is 6.42 Å². The Bertz CT molecular complexity index is 352. The van der Waals surface area contributed by atoms with Crippen molar-refractivity contribution in [2.24, 2.45) is 5.73 Å². The molecule has 5 heteroatoms. The van der Waals surface area contributed by atoms with Gasteiger partial charge in [-0.2, -0.15) is 5.26 Å². The molecule has 0 bridgehead atoms. The number of alkyl halides is 2. The topological polar surface area (TPSA) is 49.8 Å². The largest absolute Gasteiger partial charge is 0.320 e. The molecule has 2 N–H and O–H groups in total. The van der Waals surface area contributed by atoms with Gasteiger partial charge in [-0.25, -0.2) is 8.78 Å². The average Bonchev–Trinajstić information content (AvgIpc) is 2.51. The summed E-state index contributed by atoms with van der Waals surface area (Å²) in [4.78, 5) is 0.715. The van der Waals surface area contributed by atoms with Gasteiger partial charge in [0.05, 0.1) is 11.1 Å². The van der Waals surface area contributed by atoms with Gasteiger partial charge in [-0.15, -0.1) is 11.3 Å². The quantitative estimate of drug-likeness (QED) is 0.841. The molecule has 0 saturated heterocycles. The van der Waals surface area contributed by atoms with Gasteiger partial charge in [-0.1, -0.05) is 0 Å². The fourth-order valence-corrected chi connectivity index (χ4v) is 1.97. The van der Waals surface area contributed by atoms with Crippen molar-refractivity contribution >= 4 is 11.3 Å². The van der Waals surface area contributed by atoms with E-state index in [1.165, 1.54) is 18.3 Å². The van der Waals surface area contributed by atoms with Crippen LogP contribution in [0.3, 0.4) is 0 Å².